The Morgan fingerprint density at radius 1 is 1.26 bits per heavy atom. The van der Waals surface area contributed by atoms with Crippen molar-refractivity contribution in [3.63, 3.8) is 0 Å². The van der Waals surface area contributed by atoms with E-state index in [1.807, 2.05) is 6.92 Å². The number of aliphatic imine (C=N–C) groups is 1. The van der Waals surface area contributed by atoms with E-state index in [-0.39, 0.29) is 35.4 Å². The first-order valence-corrected chi connectivity index (χ1v) is 9.45. The summed E-state index contributed by atoms with van der Waals surface area (Å²) in [5, 5.41) is 9.59. The third-order valence-electron chi connectivity index (χ3n) is 3.97. The van der Waals surface area contributed by atoms with Gasteiger partial charge in [0.05, 0.1) is 16.7 Å². The second-order valence-corrected chi connectivity index (χ2v) is 8.11. The maximum atomic E-state index is 13.4. The molecule has 2 aromatic rings. The van der Waals surface area contributed by atoms with Gasteiger partial charge in [-0.1, -0.05) is 26.8 Å². The molecule has 0 bridgehead atoms. The Kier molecular flexibility index (Phi) is 9.07. The van der Waals surface area contributed by atoms with Crippen LogP contribution in [0.3, 0.4) is 0 Å². The first-order chi connectivity index (χ1) is 12.2. The molecule has 0 saturated carbocycles. The van der Waals surface area contributed by atoms with Gasteiger partial charge < -0.3 is 10.6 Å². The molecular formula is C19H27F2IN4S. The van der Waals surface area contributed by atoms with Crippen LogP contribution in [-0.4, -0.2) is 24.5 Å². The summed E-state index contributed by atoms with van der Waals surface area (Å²) >= 11 is 1.66. The average molecular weight is 508 g/mol. The molecule has 0 saturated heterocycles. The minimum atomic E-state index is -0.850. The number of benzene rings is 1. The molecule has 8 heteroatoms. The van der Waals surface area contributed by atoms with Crippen molar-refractivity contribution in [3.05, 3.63) is 51.5 Å². The van der Waals surface area contributed by atoms with Crippen molar-refractivity contribution < 1.29 is 8.78 Å². The Hall–Kier alpha value is -1.29. The minimum absolute atomic E-state index is 0. The highest BCUT2D eigenvalue weighted by Crippen LogP contribution is 2.23. The van der Waals surface area contributed by atoms with Gasteiger partial charge in [-0.15, -0.1) is 35.3 Å². The Balaban J connectivity index is 0.00000364. The quantitative estimate of drug-likeness (QED) is 0.347. The van der Waals surface area contributed by atoms with E-state index in [0.29, 0.717) is 18.1 Å². The second-order valence-electron chi connectivity index (χ2n) is 7.17. The summed E-state index contributed by atoms with van der Waals surface area (Å²) in [6.07, 6.45) is 0.793. The van der Waals surface area contributed by atoms with Gasteiger partial charge in [-0.3, -0.25) is 4.99 Å². The molecule has 2 rings (SSSR count). The molecule has 0 spiro atoms. The number of halogens is 3. The lowest BCUT2D eigenvalue weighted by molar-refractivity contribution is 0.504. The van der Waals surface area contributed by atoms with E-state index < -0.39 is 11.6 Å². The Labute approximate surface area is 180 Å². The van der Waals surface area contributed by atoms with Gasteiger partial charge in [-0.05, 0) is 24.6 Å². The zero-order valence-corrected chi connectivity index (χ0v) is 19.4. The summed E-state index contributed by atoms with van der Waals surface area (Å²) in [7, 11) is 1.67. The number of nitrogens with one attached hydrogen (secondary N) is 2. The second kappa shape index (κ2) is 10.3. The van der Waals surface area contributed by atoms with Crippen LogP contribution in [0.1, 0.15) is 50.0 Å². The first kappa shape index (κ1) is 23.7. The molecule has 1 unspecified atom stereocenters. The highest BCUT2D eigenvalue weighted by Gasteiger charge is 2.17. The summed E-state index contributed by atoms with van der Waals surface area (Å²) in [6, 6.07) is 3.69. The summed E-state index contributed by atoms with van der Waals surface area (Å²) in [5.74, 6) is -1.09. The van der Waals surface area contributed by atoms with Crippen LogP contribution in [0, 0.1) is 11.6 Å². The average Bonchev–Trinajstić information content (AvgIpc) is 3.05. The van der Waals surface area contributed by atoms with E-state index in [2.05, 4.69) is 46.8 Å². The zero-order valence-electron chi connectivity index (χ0n) is 16.3. The molecule has 27 heavy (non-hydrogen) atoms. The molecule has 1 atom stereocenters. The molecule has 1 aromatic heterocycles. The van der Waals surface area contributed by atoms with E-state index in [4.69, 9.17) is 0 Å². The lowest BCUT2D eigenvalue weighted by Crippen LogP contribution is -2.39. The molecule has 0 fully saturated rings. The van der Waals surface area contributed by atoms with Crippen molar-refractivity contribution in [2.75, 3.05) is 13.6 Å². The van der Waals surface area contributed by atoms with Crippen LogP contribution in [-0.2, 0) is 11.8 Å². The van der Waals surface area contributed by atoms with Crippen LogP contribution in [0.15, 0.2) is 28.6 Å². The summed E-state index contributed by atoms with van der Waals surface area (Å²) < 4.78 is 26.4. The van der Waals surface area contributed by atoms with Gasteiger partial charge in [0.25, 0.3) is 0 Å². The highest BCUT2D eigenvalue weighted by molar-refractivity contribution is 14.0. The molecule has 1 aromatic carbocycles. The third kappa shape index (κ3) is 6.99. The number of nitrogens with zero attached hydrogens (tertiary/aromatic N) is 2. The fourth-order valence-electron chi connectivity index (χ4n) is 2.32. The van der Waals surface area contributed by atoms with Crippen LogP contribution in [0.25, 0.3) is 0 Å². The molecule has 1 heterocycles. The van der Waals surface area contributed by atoms with Gasteiger partial charge >= 0.3 is 0 Å². The number of rotatable bonds is 5. The first-order valence-electron chi connectivity index (χ1n) is 8.57. The van der Waals surface area contributed by atoms with Gasteiger partial charge in [0.2, 0.25) is 0 Å². The van der Waals surface area contributed by atoms with Gasteiger partial charge in [0, 0.05) is 30.8 Å². The normalized spacial score (nSPS) is 13.1. The number of hydrogen-bond acceptors (Lipinski definition) is 3. The van der Waals surface area contributed by atoms with E-state index >= 15 is 0 Å². The molecule has 0 aliphatic rings. The van der Waals surface area contributed by atoms with E-state index in [9.17, 15) is 8.78 Å². The molecule has 0 aliphatic heterocycles. The van der Waals surface area contributed by atoms with Crippen molar-refractivity contribution >= 4 is 41.3 Å². The number of thiazole rings is 1. The van der Waals surface area contributed by atoms with Crippen molar-refractivity contribution in [1.82, 2.24) is 15.6 Å². The molecule has 0 amide bonds. The maximum absolute atomic E-state index is 13.4. The minimum Gasteiger partial charge on any atom is -0.356 e. The van der Waals surface area contributed by atoms with E-state index in [1.54, 1.807) is 24.5 Å². The van der Waals surface area contributed by atoms with Crippen LogP contribution < -0.4 is 10.6 Å². The van der Waals surface area contributed by atoms with Crippen LogP contribution in [0.4, 0.5) is 8.78 Å². The molecule has 4 nitrogen and oxygen atoms in total. The molecule has 150 valence electrons. The topological polar surface area (TPSA) is 49.3 Å². The lowest BCUT2D eigenvalue weighted by Gasteiger charge is -2.18. The van der Waals surface area contributed by atoms with Crippen LogP contribution in [0.2, 0.25) is 0 Å². The lowest BCUT2D eigenvalue weighted by atomic mass is 9.93. The van der Waals surface area contributed by atoms with E-state index in [1.165, 1.54) is 6.07 Å². The predicted molar refractivity (Wildman–Crippen MR) is 119 cm³/mol. The smallest absolute Gasteiger partial charge is 0.191 e. The van der Waals surface area contributed by atoms with Gasteiger partial charge in [-0.2, -0.15) is 0 Å². The van der Waals surface area contributed by atoms with Crippen molar-refractivity contribution in [1.29, 1.82) is 0 Å². The largest absolute Gasteiger partial charge is 0.356 e. The fourth-order valence-corrected chi connectivity index (χ4v) is 3.35. The van der Waals surface area contributed by atoms with Gasteiger partial charge in [0.15, 0.2) is 17.6 Å². The standard InChI is InChI=1S/C19H26F2N4S.HI/c1-12(13-6-7-14(20)15(21)10-13)24-18(22-5)23-9-8-17-25-16(11-26-17)19(2,3)4;/h6-7,10-12H,8-9H2,1-5H3,(H2,22,23,24);1H. The zero-order chi connectivity index (χ0) is 19.3. The molecule has 2 N–H and O–H groups in total. The van der Waals surface area contributed by atoms with Crippen LogP contribution in [0.5, 0.6) is 0 Å². The van der Waals surface area contributed by atoms with Gasteiger partial charge in [-0.25, -0.2) is 13.8 Å². The van der Waals surface area contributed by atoms with Gasteiger partial charge in [0.1, 0.15) is 0 Å². The Bertz CT molecular complexity index is 771. The summed E-state index contributed by atoms with van der Waals surface area (Å²) in [6.45, 7) is 9.00. The third-order valence-corrected chi connectivity index (χ3v) is 4.88. The maximum Gasteiger partial charge on any atom is 0.191 e. The van der Waals surface area contributed by atoms with Crippen LogP contribution >= 0.6 is 35.3 Å². The highest BCUT2D eigenvalue weighted by atomic mass is 127. The molecule has 0 radical (unpaired) electrons. The Morgan fingerprint density at radius 3 is 2.52 bits per heavy atom. The predicted octanol–water partition coefficient (Wildman–Crippen LogP) is 4.81. The van der Waals surface area contributed by atoms with E-state index in [0.717, 1.165) is 23.2 Å². The molecular weight excluding hydrogens is 481 g/mol. The summed E-state index contributed by atoms with van der Waals surface area (Å²) in [4.78, 5) is 8.85. The number of guanidine groups is 1. The monoisotopic (exact) mass is 508 g/mol. The number of aromatic nitrogens is 1. The molecule has 0 aliphatic carbocycles. The SMILES string of the molecule is CN=C(NCCc1nc(C(C)(C)C)cs1)NC(C)c1ccc(F)c(F)c1.I. The van der Waals surface area contributed by atoms with Crippen molar-refractivity contribution in [2.45, 2.75) is 45.6 Å². The van der Waals surface area contributed by atoms with Crippen molar-refractivity contribution in [2.24, 2.45) is 4.99 Å². The fraction of sp³-hybridized carbons (Fsp3) is 0.474. The van der Waals surface area contributed by atoms with Crippen molar-refractivity contribution in [3.8, 4) is 0 Å². The number of hydrogen-bond donors (Lipinski definition) is 2. The Morgan fingerprint density at radius 2 is 1.96 bits per heavy atom. The summed E-state index contributed by atoms with van der Waals surface area (Å²) in [5.41, 5.74) is 1.81.